The van der Waals surface area contributed by atoms with Crippen molar-refractivity contribution in [3.8, 4) is 5.75 Å². The van der Waals surface area contributed by atoms with E-state index >= 15 is 0 Å². The van der Waals surface area contributed by atoms with Crippen LogP contribution >= 0.6 is 0 Å². The quantitative estimate of drug-likeness (QED) is 0.911. The molecule has 5 nitrogen and oxygen atoms in total. The summed E-state index contributed by atoms with van der Waals surface area (Å²) in [4.78, 5) is 0.329. The number of hydrogen-bond acceptors (Lipinski definition) is 4. The predicted octanol–water partition coefficient (Wildman–Crippen LogP) is 1.21. The third-order valence-corrected chi connectivity index (χ3v) is 6.20. The average molecular weight is 296 g/mol. The molecule has 2 aliphatic rings. The van der Waals surface area contributed by atoms with Gasteiger partial charge in [0.25, 0.3) is 0 Å². The first-order valence-corrected chi connectivity index (χ1v) is 8.45. The molecule has 0 saturated carbocycles. The van der Waals surface area contributed by atoms with E-state index in [1.165, 1.54) is 0 Å². The summed E-state index contributed by atoms with van der Waals surface area (Å²) in [6.07, 6.45) is 2.80. The third-order valence-electron chi connectivity index (χ3n) is 4.20. The molecule has 1 aromatic rings. The van der Waals surface area contributed by atoms with E-state index in [4.69, 9.17) is 4.74 Å². The number of nitrogens with zero attached hydrogens (tertiary/aromatic N) is 1. The molecule has 1 N–H and O–H groups in total. The SMILES string of the molecule is COc1cccc(S(=O)(=O)N2[C@@H]3CCNC[C@H]2CC3)c1. The highest BCUT2D eigenvalue weighted by atomic mass is 32.2. The van der Waals surface area contributed by atoms with Crippen molar-refractivity contribution in [2.45, 2.75) is 36.2 Å². The lowest BCUT2D eigenvalue weighted by Crippen LogP contribution is -2.42. The van der Waals surface area contributed by atoms with Crippen LogP contribution in [0.15, 0.2) is 29.2 Å². The molecule has 6 heteroatoms. The lowest BCUT2D eigenvalue weighted by atomic mass is 10.1. The molecule has 0 spiro atoms. The fourth-order valence-corrected chi connectivity index (χ4v) is 5.15. The lowest BCUT2D eigenvalue weighted by molar-refractivity contribution is 0.334. The smallest absolute Gasteiger partial charge is 0.243 e. The molecule has 20 heavy (non-hydrogen) atoms. The molecule has 0 unspecified atom stereocenters. The molecule has 0 amide bonds. The molecule has 1 aromatic carbocycles. The molecule has 110 valence electrons. The second-order valence-corrected chi connectivity index (χ2v) is 7.23. The summed E-state index contributed by atoms with van der Waals surface area (Å²) in [5, 5.41) is 3.32. The van der Waals surface area contributed by atoms with Crippen LogP contribution in [0.4, 0.5) is 0 Å². The van der Waals surface area contributed by atoms with Gasteiger partial charge in [-0.15, -0.1) is 0 Å². The van der Waals surface area contributed by atoms with Gasteiger partial charge < -0.3 is 10.1 Å². The van der Waals surface area contributed by atoms with Crippen molar-refractivity contribution in [1.29, 1.82) is 0 Å². The number of ether oxygens (including phenoxy) is 1. The van der Waals surface area contributed by atoms with Crippen LogP contribution in [0.3, 0.4) is 0 Å². The number of rotatable bonds is 3. The van der Waals surface area contributed by atoms with Crippen LogP contribution in [-0.4, -0.2) is 45.0 Å². The topological polar surface area (TPSA) is 58.6 Å². The van der Waals surface area contributed by atoms with Gasteiger partial charge >= 0.3 is 0 Å². The van der Waals surface area contributed by atoms with Gasteiger partial charge in [-0.2, -0.15) is 4.31 Å². The monoisotopic (exact) mass is 296 g/mol. The highest BCUT2D eigenvalue weighted by Gasteiger charge is 2.42. The van der Waals surface area contributed by atoms with Crippen LogP contribution in [0.5, 0.6) is 5.75 Å². The zero-order valence-electron chi connectivity index (χ0n) is 11.6. The van der Waals surface area contributed by atoms with Crippen LogP contribution in [-0.2, 0) is 10.0 Å². The summed E-state index contributed by atoms with van der Waals surface area (Å²) >= 11 is 0. The summed E-state index contributed by atoms with van der Waals surface area (Å²) in [5.74, 6) is 0.575. The van der Waals surface area contributed by atoms with E-state index in [2.05, 4.69) is 5.32 Å². The standard InChI is InChI=1S/C14H20N2O3S/c1-19-13-3-2-4-14(9-13)20(17,18)16-11-5-6-12(16)10-15-8-7-11/h2-4,9,11-12,15H,5-8,10H2,1H3/t11-,12+/m0/s1. The average Bonchev–Trinajstić information content (AvgIpc) is 2.73. The fourth-order valence-electron chi connectivity index (χ4n) is 3.21. The van der Waals surface area contributed by atoms with Crippen molar-refractivity contribution >= 4 is 10.0 Å². The van der Waals surface area contributed by atoms with Crippen molar-refractivity contribution in [2.24, 2.45) is 0 Å². The molecule has 2 bridgehead atoms. The summed E-state index contributed by atoms with van der Waals surface area (Å²) in [7, 11) is -1.89. The Bertz CT molecular complexity index is 574. The Morgan fingerprint density at radius 2 is 2.05 bits per heavy atom. The highest BCUT2D eigenvalue weighted by molar-refractivity contribution is 7.89. The number of fused-ring (bicyclic) bond motifs is 2. The zero-order chi connectivity index (χ0) is 14.2. The number of methoxy groups -OCH3 is 1. The molecule has 2 fully saturated rings. The Labute approximate surface area is 120 Å². The van der Waals surface area contributed by atoms with E-state index in [1.807, 2.05) is 0 Å². The maximum Gasteiger partial charge on any atom is 0.243 e. The highest BCUT2D eigenvalue weighted by Crippen LogP contribution is 2.34. The Morgan fingerprint density at radius 1 is 1.25 bits per heavy atom. The van der Waals surface area contributed by atoms with Gasteiger partial charge in [0.15, 0.2) is 0 Å². The minimum Gasteiger partial charge on any atom is -0.497 e. The molecule has 2 saturated heterocycles. The van der Waals surface area contributed by atoms with Crippen LogP contribution in [0, 0.1) is 0 Å². The molecule has 2 atom stereocenters. The molecule has 0 aliphatic carbocycles. The van der Waals surface area contributed by atoms with Crippen LogP contribution in [0.2, 0.25) is 0 Å². The molecule has 2 aliphatic heterocycles. The van der Waals surface area contributed by atoms with Crippen molar-refractivity contribution in [2.75, 3.05) is 20.2 Å². The zero-order valence-corrected chi connectivity index (χ0v) is 12.4. The largest absolute Gasteiger partial charge is 0.497 e. The van der Waals surface area contributed by atoms with E-state index in [0.29, 0.717) is 10.6 Å². The van der Waals surface area contributed by atoms with E-state index in [9.17, 15) is 8.42 Å². The molecule has 2 heterocycles. The van der Waals surface area contributed by atoms with Gasteiger partial charge in [0.1, 0.15) is 5.75 Å². The first-order valence-electron chi connectivity index (χ1n) is 7.01. The molecular weight excluding hydrogens is 276 g/mol. The molecule has 3 rings (SSSR count). The number of nitrogens with one attached hydrogen (secondary N) is 1. The number of hydrogen-bond donors (Lipinski definition) is 1. The Kier molecular flexibility index (Phi) is 3.70. The normalized spacial score (nSPS) is 27.2. The maximum absolute atomic E-state index is 12.9. The van der Waals surface area contributed by atoms with Crippen molar-refractivity contribution in [3.63, 3.8) is 0 Å². The Hall–Kier alpha value is -1.11. The van der Waals surface area contributed by atoms with Gasteiger partial charge in [0, 0.05) is 24.7 Å². The summed E-state index contributed by atoms with van der Waals surface area (Å²) in [6.45, 7) is 1.64. The van der Waals surface area contributed by atoms with Crippen molar-refractivity contribution < 1.29 is 13.2 Å². The maximum atomic E-state index is 12.9. The predicted molar refractivity (Wildman–Crippen MR) is 76.3 cm³/mol. The van der Waals surface area contributed by atoms with Gasteiger partial charge in [-0.1, -0.05) is 6.07 Å². The van der Waals surface area contributed by atoms with Gasteiger partial charge in [-0.25, -0.2) is 8.42 Å². The second kappa shape index (κ2) is 5.35. The number of sulfonamides is 1. The van der Waals surface area contributed by atoms with E-state index in [0.717, 1.165) is 32.4 Å². The second-order valence-electron chi connectivity index (χ2n) is 5.39. The Balaban J connectivity index is 1.98. The van der Waals surface area contributed by atoms with Crippen LogP contribution < -0.4 is 10.1 Å². The lowest BCUT2D eigenvalue weighted by Gasteiger charge is -2.27. The summed E-state index contributed by atoms with van der Waals surface area (Å²) in [6, 6.07) is 6.95. The number of benzene rings is 1. The fraction of sp³-hybridized carbons (Fsp3) is 0.571. The van der Waals surface area contributed by atoms with Gasteiger partial charge in [0.2, 0.25) is 10.0 Å². The summed E-state index contributed by atoms with van der Waals surface area (Å²) < 4.78 is 32.7. The van der Waals surface area contributed by atoms with E-state index in [-0.39, 0.29) is 12.1 Å². The first kappa shape index (κ1) is 13.9. The van der Waals surface area contributed by atoms with E-state index < -0.39 is 10.0 Å². The Morgan fingerprint density at radius 3 is 2.85 bits per heavy atom. The molecular formula is C14H20N2O3S. The van der Waals surface area contributed by atoms with E-state index in [1.54, 1.807) is 35.7 Å². The minimum absolute atomic E-state index is 0.0821. The van der Waals surface area contributed by atoms with Gasteiger partial charge in [-0.3, -0.25) is 0 Å². The van der Waals surface area contributed by atoms with Crippen LogP contribution in [0.1, 0.15) is 19.3 Å². The molecule has 0 aromatic heterocycles. The minimum atomic E-state index is -3.44. The van der Waals surface area contributed by atoms with Gasteiger partial charge in [0.05, 0.1) is 12.0 Å². The van der Waals surface area contributed by atoms with Crippen molar-refractivity contribution in [3.05, 3.63) is 24.3 Å². The van der Waals surface area contributed by atoms with Gasteiger partial charge in [-0.05, 0) is 37.9 Å². The third kappa shape index (κ3) is 2.32. The summed E-state index contributed by atoms with van der Waals surface area (Å²) in [5.41, 5.74) is 0. The van der Waals surface area contributed by atoms with Crippen molar-refractivity contribution in [1.82, 2.24) is 9.62 Å². The first-order chi connectivity index (χ1) is 9.63. The van der Waals surface area contributed by atoms with Crippen LogP contribution in [0.25, 0.3) is 0 Å². The molecule has 0 radical (unpaired) electrons.